The van der Waals surface area contributed by atoms with Gasteiger partial charge in [0.25, 0.3) is 0 Å². The van der Waals surface area contributed by atoms with Crippen molar-refractivity contribution in [3.05, 3.63) is 0 Å². The third kappa shape index (κ3) is 1.67. The molecule has 0 saturated carbocycles. The molecule has 0 aromatic rings. The van der Waals surface area contributed by atoms with Crippen molar-refractivity contribution in [2.24, 2.45) is 10.8 Å². The van der Waals surface area contributed by atoms with Gasteiger partial charge in [-0.1, -0.05) is 13.8 Å². The summed E-state index contributed by atoms with van der Waals surface area (Å²) in [5, 5.41) is 3.06. The van der Waals surface area contributed by atoms with Gasteiger partial charge < -0.3 is 5.32 Å². The first-order chi connectivity index (χ1) is 6.44. The van der Waals surface area contributed by atoms with Crippen LogP contribution in [0, 0.1) is 10.8 Å². The summed E-state index contributed by atoms with van der Waals surface area (Å²) < 4.78 is 0. The zero-order chi connectivity index (χ0) is 10.4. The smallest absolute Gasteiger partial charge is 0.220 e. The van der Waals surface area contributed by atoms with Gasteiger partial charge in [-0.3, -0.25) is 4.79 Å². The number of hydrogen-bond donors (Lipinski definition) is 1. The standard InChI is InChI=1S/C11H19NOS/c1-8-11(4-9(13)12-8)5-10(2,3)6-14-7-11/h8H,4-7H2,1-3H3,(H,12,13). The molecule has 1 spiro atoms. The van der Waals surface area contributed by atoms with E-state index in [0.29, 0.717) is 11.5 Å². The van der Waals surface area contributed by atoms with Crippen molar-refractivity contribution in [1.82, 2.24) is 5.32 Å². The molecule has 2 unspecified atom stereocenters. The van der Waals surface area contributed by atoms with Crippen LogP contribution in [0.1, 0.15) is 33.6 Å². The average molecular weight is 213 g/mol. The Morgan fingerprint density at radius 2 is 2.14 bits per heavy atom. The van der Waals surface area contributed by atoms with Crippen LogP contribution in [0.3, 0.4) is 0 Å². The lowest BCUT2D eigenvalue weighted by Crippen LogP contribution is -2.43. The number of hydrogen-bond acceptors (Lipinski definition) is 2. The molecule has 2 atom stereocenters. The van der Waals surface area contributed by atoms with E-state index in [2.05, 4.69) is 26.1 Å². The molecule has 3 heteroatoms. The number of amides is 1. The van der Waals surface area contributed by atoms with Crippen LogP contribution in [0.15, 0.2) is 0 Å². The monoisotopic (exact) mass is 213 g/mol. The Morgan fingerprint density at radius 3 is 2.64 bits per heavy atom. The fourth-order valence-corrected chi connectivity index (χ4v) is 4.51. The predicted octanol–water partition coefficient (Wildman–Crippen LogP) is 2.04. The van der Waals surface area contributed by atoms with Crippen LogP contribution in [0.4, 0.5) is 0 Å². The van der Waals surface area contributed by atoms with Crippen molar-refractivity contribution in [3.8, 4) is 0 Å². The second kappa shape index (κ2) is 3.16. The third-order valence-corrected chi connectivity index (χ3v) is 5.29. The van der Waals surface area contributed by atoms with Crippen LogP contribution in [0.2, 0.25) is 0 Å². The lowest BCUT2D eigenvalue weighted by atomic mass is 9.70. The summed E-state index contributed by atoms with van der Waals surface area (Å²) in [5.74, 6) is 2.63. The molecular formula is C11H19NOS. The molecule has 0 aromatic carbocycles. The molecule has 0 aliphatic carbocycles. The topological polar surface area (TPSA) is 29.1 Å². The summed E-state index contributed by atoms with van der Waals surface area (Å²) in [4.78, 5) is 11.4. The number of nitrogens with one attached hydrogen (secondary N) is 1. The van der Waals surface area contributed by atoms with Crippen molar-refractivity contribution < 1.29 is 4.79 Å². The zero-order valence-electron chi connectivity index (χ0n) is 9.22. The summed E-state index contributed by atoms with van der Waals surface area (Å²) in [6.45, 7) is 6.79. The minimum absolute atomic E-state index is 0.240. The lowest BCUT2D eigenvalue weighted by Gasteiger charge is -2.43. The lowest BCUT2D eigenvalue weighted by molar-refractivity contribution is -0.119. The van der Waals surface area contributed by atoms with Gasteiger partial charge >= 0.3 is 0 Å². The van der Waals surface area contributed by atoms with Gasteiger partial charge in [0, 0.05) is 23.6 Å². The SMILES string of the molecule is CC1NC(=O)CC12CSCC(C)(C)C2. The summed E-state index contributed by atoms with van der Waals surface area (Å²) in [6, 6.07) is 0.363. The number of rotatable bonds is 0. The van der Waals surface area contributed by atoms with Crippen LogP contribution < -0.4 is 5.32 Å². The minimum Gasteiger partial charge on any atom is -0.353 e. The highest BCUT2D eigenvalue weighted by Crippen LogP contribution is 2.50. The summed E-state index contributed by atoms with van der Waals surface area (Å²) in [6.07, 6.45) is 1.93. The summed E-state index contributed by atoms with van der Waals surface area (Å²) >= 11 is 2.01. The van der Waals surface area contributed by atoms with Crippen molar-refractivity contribution in [1.29, 1.82) is 0 Å². The maximum absolute atomic E-state index is 11.4. The van der Waals surface area contributed by atoms with Gasteiger partial charge in [-0.25, -0.2) is 0 Å². The van der Waals surface area contributed by atoms with Gasteiger partial charge in [-0.15, -0.1) is 0 Å². The van der Waals surface area contributed by atoms with E-state index in [0.717, 1.165) is 12.2 Å². The third-order valence-electron chi connectivity index (χ3n) is 3.52. The second-order valence-electron chi connectivity index (χ2n) is 5.66. The average Bonchev–Trinajstić information content (AvgIpc) is 2.24. The van der Waals surface area contributed by atoms with Crippen molar-refractivity contribution in [2.45, 2.75) is 39.7 Å². The minimum atomic E-state index is 0.240. The molecule has 80 valence electrons. The molecule has 2 saturated heterocycles. The van der Waals surface area contributed by atoms with Gasteiger partial charge in [0.05, 0.1) is 0 Å². The zero-order valence-corrected chi connectivity index (χ0v) is 10.0. The molecule has 2 aliphatic rings. The van der Waals surface area contributed by atoms with Crippen LogP contribution in [0.25, 0.3) is 0 Å². The summed E-state index contributed by atoms with van der Waals surface area (Å²) in [5.41, 5.74) is 0.632. The Kier molecular flexibility index (Phi) is 2.33. The fraction of sp³-hybridized carbons (Fsp3) is 0.909. The molecule has 0 radical (unpaired) electrons. The van der Waals surface area contributed by atoms with Crippen molar-refractivity contribution in [2.75, 3.05) is 11.5 Å². The molecular weight excluding hydrogens is 194 g/mol. The molecule has 2 aliphatic heterocycles. The first-order valence-corrected chi connectivity index (χ1v) is 6.46. The van der Waals surface area contributed by atoms with Crippen LogP contribution in [0.5, 0.6) is 0 Å². The van der Waals surface area contributed by atoms with Crippen molar-refractivity contribution in [3.63, 3.8) is 0 Å². The number of carbonyl (C=O) groups excluding carboxylic acids is 1. The van der Waals surface area contributed by atoms with E-state index in [1.165, 1.54) is 12.2 Å². The molecule has 1 amide bonds. The maximum Gasteiger partial charge on any atom is 0.220 e. The van der Waals surface area contributed by atoms with Gasteiger partial charge in [0.2, 0.25) is 5.91 Å². The fourth-order valence-electron chi connectivity index (χ4n) is 2.90. The molecule has 2 rings (SSSR count). The highest BCUT2D eigenvalue weighted by molar-refractivity contribution is 7.99. The highest BCUT2D eigenvalue weighted by atomic mass is 32.2. The van der Waals surface area contributed by atoms with E-state index >= 15 is 0 Å². The quantitative estimate of drug-likeness (QED) is 0.667. The van der Waals surface area contributed by atoms with E-state index in [1.807, 2.05) is 11.8 Å². The number of carbonyl (C=O) groups is 1. The molecule has 14 heavy (non-hydrogen) atoms. The number of thioether (sulfide) groups is 1. The van der Waals surface area contributed by atoms with Gasteiger partial charge in [-0.2, -0.15) is 11.8 Å². The van der Waals surface area contributed by atoms with Crippen LogP contribution in [-0.2, 0) is 4.79 Å². The molecule has 2 nitrogen and oxygen atoms in total. The largest absolute Gasteiger partial charge is 0.353 e. The van der Waals surface area contributed by atoms with Crippen LogP contribution in [-0.4, -0.2) is 23.5 Å². The Labute approximate surface area is 90.2 Å². The Hall–Kier alpha value is -0.180. The normalized spacial score (nSPS) is 41.4. The first kappa shape index (κ1) is 10.3. The van der Waals surface area contributed by atoms with E-state index in [1.54, 1.807) is 0 Å². The first-order valence-electron chi connectivity index (χ1n) is 5.31. The molecule has 1 N–H and O–H groups in total. The van der Waals surface area contributed by atoms with Crippen LogP contribution >= 0.6 is 11.8 Å². The highest BCUT2D eigenvalue weighted by Gasteiger charge is 2.49. The Balaban J connectivity index is 2.19. The Morgan fingerprint density at radius 1 is 1.43 bits per heavy atom. The van der Waals surface area contributed by atoms with Gasteiger partial charge in [0.1, 0.15) is 0 Å². The Bertz CT molecular complexity index is 264. The van der Waals surface area contributed by atoms with Gasteiger partial charge in [-0.05, 0) is 24.5 Å². The molecule has 0 bridgehead atoms. The second-order valence-corrected chi connectivity index (χ2v) is 6.65. The van der Waals surface area contributed by atoms with E-state index in [4.69, 9.17) is 0 Å². The van der Waals surface area contributed by atoms with Crippen molar-refractivity contribution >= 4 is 17.7 Å². The van der Waals surface area contributed by atoms with E-state index < -0.39 is 0 Å². The molecule has 0 aromatic heterocycles. The molecule has 2 fully saturated rings. The van der Waals surface area contributed by atoms with Gasteiger partial charge in [0.15, 0.2) is 0 Å². The van der Waals surface area contributed by atoms with E-state index in [9.17, 15) is 4.79 Å². The van der Waals surface area contributed by atoms with E-state index in [-0.39, 0.29) is 11.3 Å². The molecule has 2 heterocycles. The predicted molar refractivity (Wildman–Crippen MR) is 60.4 cm³/mol. The maximum atomic E-state index is 11.4. The summed E-state index contributed by atoms with van der Waals surface area (Å²) in [7, 11) is 0.